The van der Waals surface area contributed by atoms with Crippen molar-refractivity contribution in [2.24, 2.45) is 0 Å². The fourth-order valence-electron chi connectivity index (χ4n) is 3.53. The molecule has 0 spiro atoms. The Morgan fingerprint density at radius 2 is 1.88 bits per heavy atom. The van der Waals surface area contributed by atoms with Crippen molar-refractivity contribution in [2.75, 3.05) is 18.4 Å². The molecule has 1 aliphatic rings. The van der Waals surface area contributed by atoms with Crippen molar-refractivity contribution >= 4 is 29.4 Å². The zero-order chi connectivity index (χ0) is 17.9. The lowest BCUT2D eigenvalue weighted by Gasteiger charge is -2.32. The summed E-state index contributed by atoms with van der Waals surface area (Å²) in [6.07, 6.45) is 5.13. The van der Waals surface area contributed by atoms with Gasteiger partial charge in [0, 0.05) is 38.1 Å². The molecule has 0 radical (unpaired) electrons. The van der Waals surface area contributed by atoms with Crippen LogP contribution >= 0.6 is 12.8 Å². The highest BCUT2D eigenvalue weighted by Gasteiger charge is 2.20. The van der Waals surface area contributed by atoms with Gasteiger partial charge in [-0.25, -0.2) is 4.98 Å². The average Bonchev–Trinajstić information content (AvgIpc) is 2.67. The number of thiol groups is 1. The largest absolute Gasteiger partial charge is 0.363 e. The van der Waals surface area contributed by atoms with Gasteiger partial charge in [-0.2, -0.15) is 0 Å². The molecule has 0 amide bonds. The van der Waals surface area contributed by atoms with E-state index in [-0.39, 0.29) is 11.6 Å². The minimum absolute atomic E-state index is 0.200. The van der Waals surface area contributed by atoms with Gasteiger partial charge in [0.05, 0.1) is 0 Å². The molecule has 0 bridgehead atoms. The summed E-state index contributed by atoms with van der Waals surface area (Å²) in [7, 11) is 0. The molecule has 1 saturated heterocycles. The molecule has 1 aromatic heterocycles. The van der Waals surface area contributed by atoms with Crippen molar-refractivity contribution in [3.8, 4) is 0 Å². The minimum atomic E-state index is -0.200. The molecule has 0 saturated carbocycles. The van der Waals surface area contributed by atoms with Crippen LogP contribution in [-0.4, -0.2) is 33.0 Å². The van der Waals surface area contributed by atoms with Crippen LogP contribution < -0.4 is 10.9 Å². The standard InChI is InChI=1S/C20H22N4OS/c25-20-19(21-9-12-24(20)26)22-18-7-10-23(11-8-18)14-15-5-6-16-3-1-2-4-17(16)13-15/h1-6,9,12-13,18,26H,7-8,10-11,14H2,(H,21,22). The van der Waals surface area contributed by atoms with Gasteiger partial charge in [-0.1, -0.05) is 49.2 Å². The lowest BCUT2D eigenvalue weighted by Crippen LogP contribution is -2.39. The van der Waals surface area contributed by atoms with Gasteiger partial charge in [-0.05, 0) is 35.2 Å². The van der Waals surface area contributed by atoms with Crippen molar-refractivity contribution < 1.29 is 0 Å². The molecule has 6 heteroatoms. The highest BCUT2D eigenvalue weighted by atomic mass is 32.1. The molecule has 26 heavy (non-hydrogen) atoms. The number of nitrogens with zero attached hydrogens (tertiary/aromatic N) is 3. The molecule has 0 unspecified atom stereocenters. The molecule has 0 atom stereocenters. The summed E-state index contributed by atoms with van der Waals surface area (Å²) in [4.78, 5) is 18.6. The molecule has 1 fully saturated rings. The van der Waals surface area contributed by atoms with E-state index in [4.69, 9.17) is 0 Å². The third-order valence-corrected chi connectivity index (χ3v) is 5.29. The molecule has 134 valence electrons. The molecule has 2 heterocycles. The van der Waals surface area contributed by atoms with Crippen molar-refractivity contribution in [2.45, 2.75) is 25.4 Å². The highest BCUT2D eigenvalue weighted by Crippen LogP contribution is 2.19. The van der Waals surface area contributed by atoms with Gasteiger partial charge in [0.25, 0.3) is 0 Å². The van der Waals surface area contributed by atoms with E-state index in [1.165, 1.54) is 20.3 Å². The van der Waals surface area contributed by atoms with E-state index in [0.717, 1.165) is 32.5 Å². The monoisotopic (exact) mass is 366 g/mol. The SMILES string of the molecule is O=c1c(NC2CCN(Cc3ccc4ccccc4c3)CC2)nccn1S. The van der Waals surface area contributed by atoms with Crippen LogP contribution in [0.25, 0.3) is 10.8 Å². The fourth-order valence-corrected chi connectivity index (χ4v) is 3.68. The lowest BCUT2D eigenvalue weighted by atomic mass is 10.0. The van der Waals surface area contributed by atoms with Gasteiger partial charge in [0.2, 0.25) is 0 Å². The first-order valence-corrected chi connectivity index (χ1v) is 9.32. The first-order valence-electron chi connectivity index (χ1n) is 8.92. The third-order valence-electron chi connectivity index (χ3n) is 4.97. The summed E-state index contributed by atoms with van der Waals surface area (Å²) < 4.78 is 1.25. The number of fused-ring (bicyclic) bond motifs is 1. The Balaban J connectivity index is 1.35. The van der Waals surface area contributed by atoms with Crippen LogP contribution in [-0.2, 0) is 6.54 Å². The number of nitrogens with one attached hydrogen (secondary N) is 1. The third kappa shape index (κ3) is 3.76. The fraction of sp³-hybridized carbons (Fsp3) is 0.300. The zero-order valence-electron chi connectivity index (χ0n) is 14.5. The Labute approximate surface area is 158 Å². The topological polar surface area (TPSA) is 50.2 Å². The van der Waals surface area contributed by atoms with E-state index in [0.29, 0.717) is 5.82 Å². The smallest absolute Gasteiger partial charge is 0.303 e. The van der Waals surface area contributed by atoms with E-state index < -0.39 is 0 Å². The van der Waals surface area contributed by atoms with Gasteiger partial charge in [-0.3, -0.25) is 13.7 Å². The van der Waals surface area contributed by atoms with Crippen molar-refractivity contribution in [1.82, 2.24) is 13.9 Å². The van der Waals surface area contributed by atoms with Gasteiger partial charge in [0.1, 0.15) is 0 Å². The minimum Gasteiger partial charge on any atom is -0.363 e. The van der Waals surface area contributed by atoms with E-state index in [1.807, 2.05) is 0 Å². The van der Waals surface area contributed by atoms with Crippen molar-refractivity contribution in [1.29, 1.82) is 0 Å². The number of hydrogen-bond acceptors (Lipinski definition) is 5. The molecule has 4 rings (SSSR count). The molecule has 5 nitrogen and oxygen atoms in total. The van der Waals surface area contributed by atoms with E-state index in [9.17, 15) is 4.79 Å². The molecule has 1 aliphatic heterocycles. The Kier molecular flexibility index (Phi) is 4.95. The number of piperidine rings is 1. The highest BCUT2D eigenvalue weighted by molar-refractivity contribution is 7.78. The predicted molar refractivity (Wildman–Crippen MR) is 109 cm³/mol. The number of rotatable bonds is 4. The number of aromatic nitrogens is 2. The van der Waals surface area contributed by atoms with Crippen LogP contribution in [0.2, 0.25) is 0 Å². The maximum atomic E-state index is 12.0. The molecular weight excluding hydrogens is 344 g/mol. The molecule has 2 aromatic carbocycles. The number of anilines is 1. The van der Waals surface area contributed by atoms with Crippen LogP contribution in [0.5, 0.6) is 0 Å². The maximum absolute atomic E-state index is 12.0. The molecule has 3 aromatic rings. The zero-order valence-corrected chi connectivity index (χ0v) is 15.4. The van der Waals surface area contributed by atoms with Crippen molar-refractivity contribution in [3.05, 3.63) is 70.8 Å². The van der Waals surface area contributed by atoms with E-state index in [2.05, 4.69) is 70.5 Å². The number of benzene rings is 2. The van der Waals surface area contributed by atoms with Crippen LogP contribution in [0.1, 0.15) is 18.4 Å². The van der Waals surface area contributed by atoms with Crippen LogP contribution in [0, 0.1) is 0 Å². The van der Waals surface area contributed by atoms with E-state index >= 15 is 0 Å². The van der Waals surface area contributed by atoms with Gasteiger partial charge in [0.15, 0.2) is 5.82 Å². The molecular formula is C20H22N4OS. The normalized spacial score (nSPS) is 16.0. The summed E-state index contributed by atoms with van der Waals surface area (Å²) >= 11 is 4.10. The van der Waals surface area contributed by atoms with Gasteiger partial charge < -0.3 is 5.32 Å². The Bertz CT molecular complexity index is 963. The van der Waals surface area contributed by atoms with E-state index in [1.54, 1.807) is 12.4 Å². The Morgan fingerprint density at radius 1 is 1.12 bits per heavy atom. The second-order valence-corrected chi connectivity index (χ2v) is 7.23. The Morgan fingerprint density at radius 3 is 2.69 bits per heavy atom. The van der Waals surface area contributed by atoms with Crippen LogP contribution in [0.4, 0.5) is 5.82 Å². The second kappa shape index (κ2) is 7.51. The molecule has 0 aliphatic carbocycles. The Hall–Kier alpha value is -2.31. The number of likely N-dealkylation sites (tertiary alicyclic amines) is 1. The number of hydrogen-bond donors (Lipinski definition) is 2. The maximum Gasteiger partial charge on any atom is 0.303 e. The summed E-state index contributed by atoms with van der Waals surface area (Å²) in [6, 6.07) is 15.4. The first kappa shape index (κ1) is 17.1. The van der Waals surface area contributed by atoms with Gasteiger partial charge in [-0.15, -0.1) is 0 Å². The average molecular weight is 366 g/mol. The summed E-state index contributed by atoms with van der Waals surface area (Å²) in [5.41, 5.74) is 1.15. The summed E-state index contributed by atoms with van der Waals surface area (Å²) in [5, 5.41) is 5.85. The van der Waals surface area contributed by atoms with Crippen molar-refractivity contribution in [3.63, 3.8) is 0 Å². The van der Waals surface area contributed by atoms with Crippen LogP contribution in [0.3, 0.4) is 0 Å². The second-order valence-electron chi connectivity index (χ2n) is 6.80. The first-order chi connectivity index (χ1) is 12.7. The van der Waals surface area contributed by atoms with Crippen LogP contribution in [0.15, 0.2) is 59.7 Å². The predicted octanol–water partition coefficient (Wildman–Crippen LogP) is 3.17. The lowest BCUT2D eigenvalue weighted by molar-refractivity contribution is 0.211. The summed E-state index contributed by atoms with van der Waals surface area (Å²) in [5.74, 6) is 0.385. The quantitative estimate of drug-likeness (QED) is 0.697. The summed E-state index contributed by atoms with van der Waals surface area (Å²) in [6.45, 7) is 2.98. The molecule has 1 N–H and O–H groups in total. The van der Waals surface area contributed by atoms with Gasteiger partial charge >= 0.3 is 5.56 Å².